The van der Waals surface area contributed by atoms with Crippen LogP contribution >= 0.6 is 0 Å². The Kier molecular flexibility index (Phi) is 7.02. The zero-order chi connectivity index (χ0) is 20.8. The lowest BCUT2D eigenvalue weighted by molar-refractivity contribution is 0.0962. The maximum absolute atomic E-state index is 13.0. The second-order valence-electron chi connectivity index (χ2n) is 8.32. The molecule has 0 saturated carbocycles. The minimum Gasteiger partial charge on any atom is -0.338 e. The van der Waals surface area contributed by atoms with E-state index in [1.54, 1.807) is 24.5 Å². The molecule has 1 atom stereocenters. The molecule has 30 heavy (non-hydrogen) atoms. The molecule has 0 spiro atoms. The molecule has 4 rings (SSSR count). The van der Waals surface area contributed by atoms with Crippen molar-refractivity contribution in [3.63, 3.8) is 0 Å². The molecular formula is C23H30FN5O. The van der Waals surface area contributed by atoms with E-state index in [-0.39, 0.29) is 11.6 Å². The van der Waals surface area contributed by atoms with E-state index in [4.69, 9.17) is 0 Å². The third kappa shape index (κ3) is 5.61. The average molecular weight is 412 g/mol. The number of benzene rings is 1. The van der Waals surface area contributed by atoms with Crippen molar-refractivity contribution in [2.75, 3.05) is 57.3 Å². The first-order valence-corrected chi connectivity index (χ1v) is 10.9. The number of likely N-dealkylation sites (tertiary alicyclic amines) is 1. The Bertz CT molecular complexity index is 808. The molecule has 1 aromatic heterocycles. The Labute approximate surface area is 177 Å². The molecule has 160 valence electrons. The highest BCUT2D eigenvalue weighted by Gasteiger charge is 2.25. The van der Waals surface area contributed by atoms with E-state index in [0.29, 0.717) is 17.9 Å². The number of hydrogen-bond acceptors (Lipinski definition) is 6. The summed E-state index contributed by atoms with van der Waals surface area (Å²) < 4.78 is 13.0. The maximum Gasteiger partial charge on any atom is 0.225 e. The SMILES string of the molecule is O=C(CC1CCN(CCCN2CCN(c3ncccn3)CC2)C1)c1ccc(F)cc1. The van der Waals surface area contributed by atoms with E-state index < -0.39 is 0 Å². The van der Waals surface area contributed by atoms with Crippen molar-refractivity contribution in [3.05, 3.63) is 54.1 Å². The van der Waals surface area contributed by atoms with Gasteiger partial charge in [0.2, 0.25) is 5.95 Å². The fraction of sp³-hybridized carbons (Fsp3) is 0.522. The molecule has 3 heterocycles. The fourth-order valence-electron chi connectivity index (χ4n) is 4.44. The third-order valence-corrected chi connectivity index (χ3v) is 6.17. The highest BCUT2D eigenvalue weighted by atomic mass is 19.1. The van der Waals surface area contributed by atoms with Crippen molar-refractivity contribution >= 4 is 11.7 Å². The number of carbonyl (C=O) groups is 1. The first-order valence-electron chi connectivity index (χ1n) is 10.9. The van der Waals surface area contributed by atoms with Crippen LogP contribution in [0, 0.1) is 11.7 Å². The summed E-state index contributed by atoms with van der Waals surface area (Å²) in [7, 11) is 0. The smallest absolute Gasteiger partial charge is 0.225 e. The highest BCUT2D eigenvalue weighted by Crippen LogP contribution is 2.22. The second kappa shape index (κ2) is 10.1. The summed E-state index contributed by atoms with van der Waals surface area (Å²) in [4.78, 5) is 28.3. The van der Waals surface area contributed by atoms with Gasteiger partial charge in [0.1, 0.15) is 5.82 Å². The third-order valence-electron chi connectivity index (χ3n) is 6.17. The van der Waals surface area contributed by atoms with E-state index in [2.05, 4.69) is 24.7 Å². The summed E-state index contributed by atoms with van der Waals surface area (Å²) >= 11 is 0. The Morgan fingerprint density at radius 3 is 2.40 bits per heavy atom. The number of carbonyl (C=O) groups excluding carboxylic acids is 1. The topological polar surface area (TPSA) is 52.6 Å². The number of ketones is 1. The summed E-state index contributed by atoms with van der Waals surface area (Å²) in [5, 5.41) is 0. The predicted octanol–water partition coefficient (Wildman–Crippen LogP) is 2.72. The van der Waals surface area contributed by atoms with E-state index in [0.717, 1.165) is 71.1 Å². The molecule has 0 amide bonds. The van der Waals surface area contributed by atoms with Gasteiger partial charge in [-0.2, -0.15) is 0 Å². The molecule has 0 N–H and O–H groups in total. The second-order valence-corrected chi connectivity index (χ2v) is 8.32. The monoisotopic (exact) mass is 411 g/mol. The molecule has 1 aromatic carbocycles. The summed E-state index contributed by atoms with van der Waals surface area (Å²) in [6, 6.07) is 7.76. The van der Waals surface area contributed by atoms with Crippen molar-refractivity contribution in [1.82, 2.24) is 19.8 Å². The number of nitrogens with zero attached hydrogens (tertiary/aromatic N) is 5. The van der Waals surface area contributed by atoms with Crippen LogP contribution in [0.5, 0.6) is 0 Å². The summed E-state index contributed by atoms with van der Waals surface area (Å²) in [5.74, 6) is 1.07. The lowest BCUT2D eigenvalue weighted by atomic mass is 9.97. The van der Waals surface area contributed by atoms with Gasteiger partial charge in [-0.25, -0.2) is 14.4 Å². The van der Waals surface area contributed by atoms with Crippen molar-refractivity contribution < 1.29 is 9.18 Å². The van der Waals surface area contributed by atoms with Gasteiger partial charge in [-0.1, -0.05) is 0 Å². The van der Waals surface area contributed by atoms with Crippen molar-refractivity contribution in [2.24, 2.45) is 5.92 Å². The zero-order valence-corrected chi connectivity index (χ0v) is 17.4. The summed E-state index contributed by atoms with van der Waals surface area (Å²) in [6.07, 6.45) is 6.38. The standard InChI is InChI=1S/C23H30FN5O/c24-21-5-3-20(4-6-21)22(30)17-19-7-12-28(18-19)11-2-10-27-13-15-29(16-14-27)23-25-8-1-9-26-23/h1,3-6,8-9,19H,2,7,10-18H2. The minimum atomic E-state index is -0.298. The normalized spacial score (nSPS) is 20.6. The number of rotatable bonds is 8. The molecule has 2 aromatic rings. The van der Waals surface area contributed by atoms with Crippen LogP contribution in [0.3, 0.4) is 0 Å². The summed E-state index contributed by atoms with van der Waals surface area (Å²) in [5.41, 5.74) is 0.620. The zero-order valence-electron chi connectivity index (χ0n) is 17.4. The van der Waals surface area contributed by atoms with Crippen LogP contribution in [0.4, 0.5) is 10.3 Å². The van der Waals surface area contributed by atoms with Crippen molar-refractivity contribution in [3.8, 4) is 0 Å². The molecule has 2 aliphatic heterocycles. The van der Waals surface area contributed by atoms with Gasteiger partial charge >= 0.3 is 0 Å². The first-order chi connectivity index (χ1) is 14.7. The van der Waals surface area contributed by atoms with Crippen LogP contribution in [-0.2, 0) is 0 Å². The van der Waals surface area contributed by atoms with E-state index in [1.165, 1.54) is 12.1 Å². The van der Waals surface area contributed by atoms with E-state index in [9.17, 15) is 9.18 Å². The van der Waals surface area contributed by atoms with Gasteiger partial charge < -0.3 is 9.80 Å². The number of Topliss-reactive ketones (excluding diaryl/α,β-unsaturated/α-hetero) is 1. The Hall–Kier alpha value is -2.38. The van der Waals surface area contributed by atoms with Crippen LogP contribution in [0.15, 0.2) is 42.7 Å². The molecule has 0 bridgehead atoms. The van der Waals surface area contributed by atoms with Gasteiger partial charge in [0.15, 0.2) is 5.78 Å². The Balaban J connectivity index is 1.12. The van der Waals surface area contributed by atoms with Crippen LogP contribution in [0.1, 0.15) is 29.6 Å². The van der Waals surface area contributed by atoms with Gasteiger partial charge in [-0.3, -0.25) is 9.69 Å². The molecule has 1 unspecified atom stereocenters. The van der Waals surface area contributed by atoms with Gasteiger partial charge in [-0.15, -0.1) is 0 Å². The molecule has 7 heteroatoms. The average Bonchev–Trinajstić information content (AvgIpc) is 3.22. The molecule has 0 aliphatic carbocycles. The quantitative estimate of drug-likeness (QED) is 0.623. The van der Waals surface area contributed by atoms with Gasteiger partial charge in [0, 0.05) is 57.1 Å². The number of hydrogen-bond donors (Lipinski definition) is 0. The van der Waals surface area contributed by atoms with Gasteiger partial charge in [0.05, 0.1) is 0 Å². The predicted molar refractivity (Wildman–Crippen MR) is 115 cm³/mol. The number of anilines is 1. The van der Waals surface area contributed by atoms with Crippen LogP contribution in [0.2, 0.25) is 0 Å². The number of halogens is 1. The lowest BCUT2D eigenvalue weighted by Crippen LogP contribution is -2.47. The van der Waals surface area contributed by atoms with Crippen LogP contribution in [0.25, 0.3) is 0 Å². The first kappa shape index (κ1) is 20.9. The minimum absolute atomic E-state index is 0.127. The van der Waals surface area contributed by atoms with Crippen LogP contribution < -0.4 is 4.90 Å². The lowest BCUT2D eigenvalue weighted by Gasteiger charge is -2.34. The Morgan fingerprint density at radius 2 is 1.67 bits per heavy atom. The van der Waals surface area contributed by atoms with Gasteiger partial charge in [-0.05, 0) is 68.7 Å². The molecule has 2 aliphatic rings. The van der Waals surface area contributed by atoms with E-state index >= 15 is 0 Å². The summed E-state index contributed by atoms with van der Waals surface area (Å²) in [6.45, 7) is 8.30. The molecular weight excluding hydrogens is 381 g/mol. The highest BCUT2D eigenvalue weighted by molar-refractivity contribution is 5.96. The molecule has 6 nitrogen and oxygen atoms in total. The largest absolute Gasteiger partial charge is 0.338 e. The maximum atomic E-state index is 13.0. The molecule has 2 fully saturated rings. The van der Waals surface area contributed by atoms with Crippen LogP contribution in [-0.4, -0.2) is 77.9 Å². The Morgan fingerprint density at radius 1 is 0.967 bits per heavy atom. The molecule has 2 saturated heterocycles. The molecule has 0 radical (unpaired) electrons. The van der Waals surface area contributed by atoms with Crippen molar-refractivity contribution in [2.45, 2.75) is 19.3 Å². The van der Waals surface area contributed by atoms with Gasteiger partial charge in [0.25, 0.3) is 0 Å². The van der Waals surface area contributed by atoms with Crippen molar-refractivity contribution in [1.29, 1.82) is 0 Å². The number of piperazine rings is 1. The fourth-order valence-corrected chi connectivity index (χ4v) is 4.44. The van der Waals surface area contributed by atoms with E-state index in [1.807, 2.05) is 6.07 Å². The number of aromatic nitrogens is 2.